The van der Waals surface area contributed by atoms with Gasteiger partial charge < -0.3 is 10.1 Å². The van der Waals surface area contributed by atoms with Gasteiger partial charge in [0.1, 0.15) is 0 Å². The molecule has 0 saturated carbocycles. The van der Waals surface area contributed by atoms with Gasteiger partial charge in [0.2, 0.25) is 0 Å². The van der Waals surface area contributed by atoms with Gasteiger partial charge in [-0.2, -0.15) is 0 Å². The minimum Gasteiger partial charge on any atom is -0.452 e. The fraction of sp³-hybridized carbons (Fsp3) is 0.250. The second-order valence-corrected chi connectivity index (χ2v) is 8.42. The largest absolute Gasteiger partial charge is 0.452 e. The molecule has 0 bridgehead atoms. The van der Waals surface area contributed by atoms with Crippen LogP contribution in [0.15, 0.2) is 84.9 Å². The van der Waals surface area contributed by atoms with Crippen LogP contribution in [0.2, 0.25) is 0 Å². The van der Waals surface area contributed by atoms with Crippen molar-refractivity contribution in [1.29, 1.82) is 0 Å². The first-order chi connectivity index (χ1) is 16.6. The minimum absolute atomic E-state index is 0.0603. The van der Waals surface area contributed by atoms with Gasteiger partial charge in [0.15, 0.2) is 12.4 Å². The van der Waals surface area contributed by atoms with Crippen LogP contribution in [-0.2, 0) is 16.1 Å². The molecule has 0 atom stereocenters. The lowest BCUT2D eigenvalue weighted by atomic mass is 9.98. The topological polar surface area (TPSA) is 75.7 Å². The van der Waals surface area contributed by atoms with E-state index in [1.54, 1.807) is 48.5 Å². The maximum Gasteiger partial charge on any atom is 0.339 e. The van der Waals surface area contributed by atoms with Crippen LogP contribution in [0, 0.1) is 0 Å². The fourth-order valence-electron chi connectivity index (χ4n) is 4.16. The normalized spacial score (nSPS) is 14.4. The van der Waals surface area contributed by atoms with Crippen LogP contribution in [-0.4, -0.2) is 48.3 Å². The monoisotopic (exact) mass is 456 g/mol. The van der Waals surface area contributed by atoms with Gasteiger partial charge >= 0.3 is 5.97 Å². The predicted octanol–water partition coefficient (Wildman–Crippen LogP) is 3.86. The van der Waals surface area contributed by atoms with Gasteiger partial charge in [-0.15, -0.1) is 0 Å². The standard InChI is InChI=1S/C28H28N2O4/c31-26(29-23-15-17-30(18-16-23)19-21-9-3-1-4-10-21)20-34-28(33)25-14-8-7-13-24(25)27(32)22-11-5-2-6-12-22/h1-14,23H,15-20H2,(H,29,31). The van der Waals surface area contributed by atoms with Crippen molar-refractivity contribution in [1.82, 2.24) is 10.2 Å². The molecule has 1 saturated heterocycles. The molecule has 6 heteroatoms. The number of nitrogens with one attached hydrogen (secondary N) is 1. The molecule has 174 valence electrons. The minimum atomic E-state index is -0.687. The van der Waals surface area contributed by atoms with Crippen LogP contribution in [0.5, 0.6) is 0 Å². The van der Waals surface area contributed by atoms with Crippen LogP contribution >= 0.6 is 0 Å². The number of hydrogen-bond donors (Lipinski definition) is 1. The molecule has 0 aliphatic carbocycles. The number of ether oxygens (including phenoxy) is 1. The zero-order chi connectivity index (χ0) is 23.8. The summed E-state index contributed by atoms with van der Waals surface area (Å²) in [7, 11) is 0. The molecule has 0 unspecified atom stereocenters. The van der Waals surface area contributed by atoms with Gasteiger partial charge in [-0.25, -0.2) is 4.79 Å². The average Bonchev–Trinajstić information content (AvgIpc) is 2.89. The van der Waals surface area contributed by atoms with Gasteiger partial charge in [0.05, 0.1) is 5.56 Å². The summed E-state index contributed by atoms with van der Waals surface area (Å²) >= 11 is 0. The summed E-state index contributed by atoms with van der Waals surface area (Å²) in [5.41, 5.74) is 2.17. The summed E-state index contributed by atoms with van der Waals surface area (Å²) in [5.74, 6) is -1.28. The molecule has 6 nitrogen and oxygen atoms in total. The van der Waals surface area contributed by atoms with Crippen molar-refractivity contribution >= 4 is 17.7 Å². The highest BCUT2D eigenvalue weighted by Crippen LogP contribution is 2.16. The third-order valence-corrected chi connectivity index (χ3v) is 5.96. The van der Waals surface area contributed by atoms with Crippen LogP contribution in [0.1, 0.15) is 44.7 Å². The second-order valence-electron chi connectivity index (χ2n) is 8.42. The van der Waals surface area contributed by atoms with Gasteiger partial charge in [-0.3, -0.25) is 14.5 Å². The van der Waals surface area contributed by atoms with Crippen LogP contribution in [0.3, 0.4) is 0 Å². The summed E-state index contributed by atoms with van der Waals surface area (Å²) in [6.07, 6.45) is 1.70. The van der Waals surface area contributed by atoms with E-state index >= 15 is 0 Å². The number of rotatable bonds is 8. The van der Waals surface area contributed by atoms with E-state index in [-0.39, 0.29) is 35.5 Å². The molecule has 1 amide bonds. The average molecular weight is 457 g/mol. The van der Waals surface area contributed by atoms with E-state index in [4.69, 9.17) is 4.74 Å². The molecule has 1 aliphatic heterocycles. The Morgan fingerprint density at radius 2 is 1.38 bits per heavy atom. The third kappa shape index (κ3) is 6.17. The number of carbonyl (C=O) groups is 3. The number of ketones is 1. The van der Waals surface area contributed by atoms with Crippen molar-refractivity contribution < 1.29 is 19.1 Å². The van der Waals surface area contributed by atoms with Gasteiger partial charge in [-0.1, -0.05) is 78.9 Å². The van der Waals surface area contributed by atoms with E-state index in [2.05, 4.69) is 22.3 Å². The number of amides is 1. The molecule has 1 aliphatic rings. The van der Waals surface area contributed by atoms with E-state index in [1.807, 2.05) is 24.3 Å². The van der Waals surface area contributed by atoms with E-state index in [0.717, 1.165) is 32.5 Å². The molecular formula is C28H28N2O4. The molecule has 0 aromatic heterocycles. The lowest BCUT2D eigenvalue weighted by Crippen LogP contribution is -2.45. The van der Waals surface area contributed by atoms with E-state index < -0.39 is 5.97 Å². The summed E-state index contributed by atoms with van der Waals surface area (Å²) in [5, 5.41) is 2.96. The first-order valence-electron chi connectivity index (χ1n) is 11.5. The second kappa shape index (κ2) is 11.4. The van der Waals surface area contributed by atoms with Gasteiger partial charge in [-0.05, 0) is 24.5 Å². The van der Waals surface area contributed by atoms with E-state index in [9.17, 15) is 14.4 Å². The number of esters is 1. The predicted molar refractivity (Wildman–Crippen MR) is 129 cm³/mol. The number of benzene rings is 3. The lowest BCUT2D eigenvalue weighted by molar-refractivity contribution is -0.125. The Balaban J connectivity index is 1.26. The van der Waals surface area contributed by atoms with Crippen molar-refractivity contribution in [3.05, 3.63) is 107 Å². The van der Waals surface area contributed by atoms with Crippen molar-refractivity contribution in [2.75, 3.05) is 19.7 Å². The highest BCUT2D eigenvalue weighted by Gasteiger charge is 2.23. The Labute approximate surface area is 199 Å². The van der Waals surface area contributed by atoms with Crippen LogP contribution < -0.4 is 5.32 Å². The fourth-order valence-corrected chi connectivity index (χ4v) is 4.16. The number of nitrogens with zero attached hydrogens (tertiary/aromatic N) is 1. The summed E-state index contributed by atoms with van der Waals surface area (Å²) in [6, 6.07) is 25.6. The van der Waals surface area contributed by atoms with E-state index in [1.165, 1.54) is 5.56 Å². The summed E-state index contributed by atoms with van der Waals surface area (Å²) in [4.78, 5) is 40.2. The van der Waals surface area contributed by atoms with Crippen molar-refractivity contribution in [2.45, 2.75) is 25.4 Å². The van der Waals surface area contributed by atoms with Crippen molar-refractivity contribution in [3.8, 4) is 0 Å². The first kappa shape index (κ1) is 23.4. The Morgan fingerprint density at radius 1 is 0.794 bits per heavy atom. The third-order valence-electron chi connectivity index (χ3n) is 5.96. The maximum atomic E-state index is 12.8. The van der Waals surface area contributed by atoms with Crippen LogP contribution in [0.4, 0.5) is 0 Å². The Morgan fingerprint density at radius 3 is 2.06 bits per heavy atom. The molecule has 1 fully saturated rings. The quantitative estimate of drug-likeness (QED) is 0.412. The summed E-state index contributed by atoms with van der Waals surface area (Å²) < 4.78 is 5.24. The molecule has 0 spiro atoms. The summed E-state index contributed by atoms with van der Waals surface area (Å²) in [6.45, 7) is 2.32. The molecular weight excluding hydrogens is 428 g/mol. The highest BCUT2D eigenvalue weighted by molar-refractivity contribution is 6.14. The molecule has 34 heavy (non-hydrogen) atoms. The smallest absolute Gasteiger partial charge is 0.339 e. The van der Waals surface area contributed by atoms with Crippen molar-refractivity contribution in [3.63, 3.8) is 0 Å². The Hall–Kier alpha value is -3.77. The molecule has 1 heterocycles. The lowest BCUT2D eigenvalue weighted by Gasteiger charge is -2.32. The zero-order valence-corrected chi connectivity index (χ0v) is 19.0. The molecule has 3 aromatic rings. The number of carbonyl (C=O) groups excluding carboxylic acids is 3. The maximum absolute atomic E-state index is 12.8. The van der Waals surface area contributed by atoms with Gasteiger partial charge in [0.25, 0.3) is 5.91 Å². The molecule has 3 aromatic carbocycles. The van der Waals surface area contributed by atoms with Crippen molar-refractivity contribution in [2.24, 2.45) is 0 Å². The molecule has 4 rings (SSSR count). The molecule has 0 radical (unpaired) electrons. The van der Waals surface area contributed by atoms with E-state index in [0.29, 0.717) is 5.56 Å². The SMILES string of the molecule is O=C(COC(=O)c1ccccc1C(=O)c1ccccc1)NC1CCN(Cc2ccccc2)CC1. The number of likely N-dealkylation sites (tertiary alicyclic amines) is 1. The zero-order valence-electron chi connectivity index (χ0n) is 19.0. The molecule has 1 N–H and O–H groups in total. The first-order valence-corrected chi connectivity index (χ1v) is 11.5. The number of piperidine rings is 1. The highest BCUT2D eigenvalue weighted by atomic mass is 16.5. The Bertz CT molecular complexity index is 1120. The number of hydrogen-bond acceptors (Lipinski definition) is 5. The Kier molecular flexibility index (Phi) is 7.83. The van der Waals surface area contributed by atoms with Crippen LogP contribution in [0.25, 0.3) is 0 Å². The van der Waals surface area contributed by atoms with Gasteiger partial charge in [0, 0.05) is 36.8 Å².